The number of hydrogen-bond donors (Lipinski definition) is 0. The number of cyclic esters (lactones) is 2. The molecule has 4 aliphatic rings. The highest BCUT2D eigenvalue weighted by molar-refractivity contribution is 5.94. The lowest BCUT2D eigenvalue weighted by Gasteiger charge is -2.20. The number of anilines is 2. The molecule has 0 aliphatic carbocycles. The molecule has 0 radical (unpaired) electrons. The Morgan fingerprint density at radius 1 is 0.585 bits per heavy atom. The Morgan fingerprint density at radius 2 is 1.00 bits per heavy atom. The minimum atomic E-state index is -0.476. The minimum Gasteiger partial charge on any atom is -0.491 e. The zero-order valence-corrected chi connectivity index (χ0v) is 31.3. The molecule has 4 heterocycles. The average molecular weight is 731 g/mol. The molecule has 284 valence electrons. The third kappa shape index (κ3) is 8.60. The lowest BCUT2D eigenvalue weighted by atomic mass is 10.0. The van der Waals surface area contributed by atoms with E-state index in [1.807, 2.05) is 49.4 Å². The molecule has 0 aromatic heterocycles. The predicted molar refractivity (Wildman–Crippen MR) is 198 cm³/mol. The van der Waals surface area contributed by atoms with Gasteiger partial charge in [0.15, 0.2) is 12.2 Å². The fourth-order valence-corrected chi connectivity index (χ4v) is 6.77. The molecule has 4 unspecified atom stereocenters. The lowest BCUT2D eigenvalue weighted by Crippen LogP contribution is -2.29. The molecule has 0 bridgehead atoms. The number of ether oxygens (including phenoxy) is 8. The molecule has 0 spiro atoms. The number of nitrogens with zero attached hydrogens (tertiary/aromatic N) is 2. The van der Waals surface area contributed by atoms with E-state index in [9.17, 15) is 9.59 Å². The van der Waals surface area contributed by atoms with Gasteiger partial charge >= 0.3 is 12.2 Å². The summed E-state index contributed by atoms with van der Waals surface area (Å²) in [6.07, 6.45) is 1.62. The SMILES string of the molecule is CCc1cc(OCC2CN(c3ccc(C)c(N4CC(COc5c(CC)cc(OCC6CO6)cc5CC)OC4=O)c3)C(=O)O2)cc(CC)c1OCC1CO1. The number of amides is 2. The van der Waals surface area contributed by atoms with Crippen LogP contribution in [0.3, 0.4) is 0 Å². The molecule has 0 saturated carbocycles. The van der Waals surface area contributed by atoms with E-state index < -0.39 is 24.4 Å². The van der Waals surface area contributed by atoms with Crippen LogP contribution in [-0.2, 0) is 44.6 Å². The highest BCUT2D eigenvalue weighted by atomic mass is 16.6. The summed E-state index contributed by atoms with van der Waals surface area (Å²) in [7, 11) is 0. The number of carbonyl (C=O) groups is 2. The van der Waals surface area contributed by atoms with Crippen LogP contribution in [0.4, 0.5) is 21.0 Å². The molecular formula is C41H50N2O10. The number of benzene rings is 3. The molecule has 12 heteroatoms. The van der Waals surface area contributed by atoms with Crippen molar-refractivity contribution in [1.82, 2.24) is 0 Å². The normalized spacial score (nSPS) is 21.8. The molecule has 2 amide bonds. The number of epoxide rings is 2. The topological polar surface area (TPSA) is 121 Å². The second kappa shape index (κ2) is 16.1. The van der Waals surface area contributed by atoms with E-state index in [-0.39, 0.29) is 25.4 Å². The molecule has 3 aromatic rings. The summed E-state index contributed by atoms with van der Waals surface area (Å²) in [6.45, 7) is 13.9. The molecule has 4 atom stereocenters. The van der Waals surface area contributed by atoms with E-state index >= 15 is 0 Å². The van der Waals surface area contributed by atoms with Crippen molar-refractivity contribution in [3.8, 4) is 23.0 Å². The van der Waals surface area contributed by atoms with Crippen molar-refractivity contribution >= 4 is 23.6 Å². The first-order valence-corrected chi connectivity index (χ1v) is 18.9. The van der Waals surface area contributed by atoms with Gasteiger partial charge in [-0.05, 0) is 96.8 Å². The minimum absolute atomic E-state index is 0.178. The summed E-state index contributed by atoms with van der Waals surface area (Å²) in [5.74, 6) is 3.24. The summed E-state index contributed by atoms with van der Waals surface area (Å²) < 4.78 is 46.7. The Morgan fingerprint density at radius 3 is 1.47 bits per heavy atom. The van der Waals surface area contributed by atoms with Crippen LogP contribution in [0.1, 0.15) is 55.5 Å². The molecular weight excluding hydrogens is 680 g/mol. The third-order valence-electron chi connectivity index (χ3n) is 10.0. The second-order valence-corrected chi connectivity index (χ2v) is 13.9. The van der Waals surface area contributed by atoms with Crippen molar-refractivity contribution in [1.29, 1.82) is 0 Å². The van der Waals surface area contributed by atoms with Gasteiger partial charge in [-0.15, -0.1) is 0 Å². The van der Waals surface area contributed by atoms with E-state index in [1.165, 1.54) is 0 Å². The summed E-state index contributed by atoms with van der Waals surface area (Å²) in [4.78, 5) is 29.5. The first-order chi connectivity index (χ1) is 25.8. The van der Waals surface area contributed by atoms with Gasteiger partial charge in [0.1, 0.15) is 61.6 Å². The Kier molecular flexibility index (Phi) is 11.2. The van der Waals surface area contributed by atoms with Gasteiger partial charge in [-0.2, -0.15) is 0 Å². The van der Waals surface area contributed by atoms with Gasteiger partial charge in [-0.3, -0.25) is 9.80 Å². The molecule has 12 nitrogen and oxygen atoms in total. The Bertz CT molecular complexity index is 1760. The summed E-state index contributed by atoms with van der Waals surface area (Å²) in [6, 6.07) is 13.6. The zero-order valence-electron chi connectivity index (χ0n) is 31.3. The highest BCUT2D eigenvalue weighted by Crippen LogP contribution is 2.35. The van der Waals surface area contributed by atoms with Gasteiger partial charge in [0, 0.05) is 5.69 Å². The highest BCUT2D eigenvalue weighted by Gasteiger charge is 2.37. The molecule has 7 rings (SSSR count). The molecule has 3 aromatic carbocycles. The largest absolute Gasteiger partial charge is 0.491 e. The molecule has 53 heavy (non-hydrogen) atoms. The van der Waals surface area contributed by atoms with Crippen LogP contribution in [0.15, 0.2) is 42.5 Å². The first kappa shape index (κ1) is 36.7. The van der Waals surface area contributed by atoms with Crippen LogP contribution in [0.25, 0.3) is 0 Å². The maximum absolute atomic E-state index is 13.2. The maximum atomic E-state index is 13.2. The Balaban J connectivity index is 0.972. The van der Waals surface area contributed by atoms with Crippen LogP contribution < -0.4 is 28.7 Å². The van der Waals surface area contributed by atoms with Crippen molar-refractivity contribution in [2.75, 3.05) is 62.5 Å². The van der Waals surface area contributed by atoms with E-state index in [1.54, 1.807) is 9.80 Å². The van der Waals surface area contributed by atoms with Crippen molar-refractivity contribution in [3.05, 3.63) is 70.3 Å². The Hall–Kier alpha value is -4.68. The molecule has 4 saturated heterocycles. The average Bonchev–Trinajstić information content (AvgIpc) is 4.11. The van der Waals surface area contributed by atoms with E-state index in [0.717, 1.165) is 84.0 Å². The molecule has 0 N–H and O–H groups in total. The standard InChI is InChI=1S/C41H50N2O10/c1-6-26-14-32(47-21-35-22-48-35)15-27(7-2)38(26)50-20-34-18-43(41(45)53-34)37-16-30(11-10-25(37)5)42-17-33(52-40(42)44)19-46-31-12-28(8-3)39(29(9-4)13-31)51-24-36-23-49-36/h10-16,33-36H,6-9,17-24H2,1-5H3. The smallest absolute Gasteiger partial charge is 0.414 e. The fourth-order valence-electron chi connectivity index (χ4n) is 6.77. The van der Waals surface area contributed by atoms with Crippen molar-refractivity contribution < 1.29 is 47.5 Å². The molecule has 4 fully saturated rings. The van der Waals surface area contributed by atoms with E-state index in [0.29, 0.717) is 43.4 Å². The summed E-state index contributed by atoms with van der Waals surface area (Å²) in [5, 5.41) is 0. The molecule has 4 aliphatic heterocycles. The fraction of sp³-hybridized carbons (Fsp3) is 0.512. The third-order valence-corrected chi connectivity index (χ3v) is 10.0. The number of aryl methyl sites for hydroxylation is 5. The van der Waals surface area contributed by atoms with E-state index in [2.05, 4.69) is 27.7 Å². The second-order valence-electron chi connectivity index (χ2n) is 13.9. The van der Waals surface area contributed by atoms with Crippen LogP contribution in [0.5, 0.6) is 23.0 Å². The van der Waals surface area contributed by atoms with Gasteiger partial charge < -0.3 is 37.9 Å². The van der Waals surface area contributed by atoms with Gasteiger partial charge in [-0.25, -0.2) is 9.59 Å². The van der Waals surface area contributed by atoms with Gasteiger partial charge in [-0.1, -0.05) is 33.8 Å². The van der Waals surface area contributed by atoms with Crippen LogP contribution in [0, 0.1) is 6.92 Å². The number of carbonyl (C=O) groups excluding carboxylic acids is 2. The van der Waals surface area contributed by atoms with Crippen molar-refractivity contribution in [2.45, 2.75) is 84.7 Å². The van der Waals surface area contributed by atoms with Gasteiger partial charge in [0.05, 0.1) is 32.0 Å². The van der Waals surface area contributed by atoms with Crippen LogP contribution in [-0.4, -0.2) is 89.3 Å². The van der Waals surface area contributed by atoms with Crippen molar-refractivity contribution in [3.63, 3.8) is 0 Å². The number of rotatable bonds is 18. The van der Waals surface area contributed by atoms with Gasteiger partial charge in [0.25, 0.3) is 0 Å². The maximum Gasteiger partial charge on any atom is 0.414 e. The lowest BCUT2D eigenvalue weighted by molar-refractivity contribution is 0.104. The number of hydrogen-bond acceptors (Lipinski definition) is 10. The zero-order chi connectivity index (χ0) is 37.1. The van der Waals surface area contributed by atoms with Crippen molar-refractivity contribution in [2.24, 2.45) is 0 Å². The van der Waals surface area contributed by atoms with Gasteiger partial charge in [0.2, 0.25) is 0 Å². The summed E-state index contributed by atoms with van der Waals surface area (Å²) >= 11 is 0. The monoisotopic (exact) mass is 730 g/mol. The predicted octanol–water partition coefficient (Wildman–Crippen LogP) is 6.61. The summed E-state index contributed by atoms with van der Waals surface area (Å²) in [5.41, 5.74) is 6.40. The first-order valence-electron chi connectivity index (χ1n) is 18.9. The van der Waals surface area contributed by atoms with Crippen LogP contribution >= 0.6 is 0 Å². The Labute approximate surface area is 311 Å². The van der Waals surface area contributed by atoms with E-state index in [4.69, 9.17) is 37.9 Å². The van der Waals surface area contributed by atoms with Crippen LogP contribution in [0.2, 0.25) is 0 Å². The quantitative estimate of drug-likeness (QED) is 0.132.